The summed E-state index contributed by atoms with van der Waals surface area (Å²) in [5.41, 5.74) is 2.97. The van der Waals surface area contributed by atoms with Crippen molar-refractivity contribution >= 4 is 0 Å². The lowest BCUT2D eigenvalue weighted by atomic mass is 10.1. The van der Waals surface area contributed by atoms with Gasteiger partial charge in [-0.25, -0.2) is 14.1 Å². The third-order valence-corrected chi connectivity index (χ3v) is 4.32. The zero-order chi connectivity index (χ0) is 17.8. The highest BCUT2D eigenvalue weighted by atomic mass is 19.1. The Morgan fingerprint density at radius 1 is 1.24 bits per heavy atom. The van der Waals surface area contributed by atoms with E-state index < -0.39 is 0 Å². The van der Waals surface area contributed by atoms with Crippen molar-refractivity contribution in [2.45, 2.75) is 19.5 Å². The lowest BCUT2D eigenvalue weighted by Gasteiger charge is -2.25. The lowest BCUT2D eigenvalue weighted by molar-refractivity contribution is 0.249. The molecule has 3 rings (SSSR count). The molecule has 0 fully saturated rings. The minimum Gasteiger partial charge on any atom is -0.295 e. The molecule has 1 aromatic heterocycles. The van der Waals surface area contributed by atoms with E-state index in [-0.39, 0.29) is 11.9 Å². The van der Waals surface area contributed by atoms with Gasteiger partial charge in [-0.3, -0.25) is 4.90 Å². The molecular formula is C19H18FN5. The molecule has 5 nitrogen and oxygen atoms in total. The Kier molecular flexibility index (Phi) is 4.87. The molecular weight excluding hydrogens is 317 g/mol. The Balaban J connectivity index is 1.72. The van der Waals surface area contributed by atoms with Gasteiger partial charge in [0.25, 0.3) is 0 Å². The third kappa shape index (κ3) is 3.73. The number of halogens is 1. The monoisotopic (exact) mass is 335 g/mol. The van der Waals surface area contributed by atoms with Crippen LogP contribution >= 0.6 is 0 Å². The molecule has 6 heteroatoms. The maximum Gasteiger partial charge on any atom is 0.138 e. The molecule has 0 saturated carbocycles. The highest BCUT2D eigenvalue weighted by Gasteiger charge is 2.14. The summed E-state index contributed by atoms with van der Waals surface area (Å²) in [6.45, 7) is 2.54. The summed E-state index contributed by atoms with van der Waals surface area (Å²) >= 11 is 0. The SMILES string of the molecule is CC(c1ccc(-n2cncn2)cc1)N(C)Cc1ccc(C#N)cc1F. The van der Waals surface area contributed by atoms with Crippen LogP contribution in [-0.2, 0) is 6.54 Å². The molecule has 0 aliphatic carbocycles. The van der Waals surface area contributed by atoms with Crippen LogP contribution in [0.25, 0.3) is 5.69 Å². The van der Waals surface area contributed by atoms with Crippen LogP contribution in [0.3, 0.4) is 0 Å². The van der Waals surface area contributed by atoms with E-state index in [1.165, 1.54) is 12.4 Å². The minimum absolute atomic E-state index is 0.111. The molecule has 0 aliphatic heterocycles. The summed E-state index contributed by atoms with van der Waals surface area (Å²) in [6.07, 6.45) is 3.15. The molecule has 0 aliphatic rings. The summed E-state index contributed by atoms with van der Waals surface area (Å²) in [5, 5.41) is 12.9. The van der Waals surface area contributed by atoms with Crippen molar-refractivity contribution in [3.05, 3.63) is 77.6 Å². The van der Waals surface area contributed by atoms with E-state index in [4.69, 9.17) is 5.26 Å². The Hall–Kier alpha value is -3.04. The average molecular weight is 335 g/mol. The topological polar surface area (TPSA) is 57.7 Å². The van der Waals surface area contributed by atoms with Gasteiger partial charge in [0.15, 0.2) is 0 Å². The van der Waals surface area contributed by atoms with Gasteiger partial charge in [0.05, 0.1) is 17.3 Å². The van der Waals surface area contributed by atoms with Crippen LogP contribution in [0.5, 0.6) is 0 Å². The van der Waals surface area contributed by atoms with Crippen molar-refractivity contribution < 1.29 is 4.39 Å². The first-order valence-corrected chi connectivity index (χ1v) is 7.92. The van der Waals surface area contributed by atoms with Gasteiger partial charge in [0.1, 0.15) is 18.5 Å². The number of benzene rings is 2. The largest absolute Gasteiger partial charge is 0.295 e. The first-order chi connectivity index (χ1) is 12.1. The summed E-state index contributed by atoms with van der Waals surface area (Å²) in [7, 11) is 1.95. The molecule has 1 heterocycles. The third-order valence-electron chi connectivity index (χ3n) is 4.32. The summed E-state index contributed by atoms with van der Waals surface area (Å²) in [6, 6.07) is 14.7. The zero-order valence-electron chi connectivity index (χ0n) is 14.1. The Morgan fingerprint density at radius 3 is 2.60 bits per heavy atom. The highest BCUT2D eigenvalue weighted by molar-refractivity contribution is 5.35. The molecule has 0 spiro atoms. The van der Waals surface area contributed by atoms with E-state index in [9.17, 15) is 4.39 Å². The molecule has 0 radical (unpaired) electrons. The molecule has 3 aromatic rings. The van der Waals surface area contributed by atoms with Crippen molar-refractivity contribution in [2.75, 3.05) is 7.05 Å². The maximum atomic E-state index is 14.1. The van der Waals surface area contributed by atoms with E-state index in [2.05, 4.69) is 21.9 Å². The van der Waals surface area contributed by atoms with Crippen LogP contribution in [0.1, 0.15) is 29.7 Å². The number of nitriles is 1. The second-order valence-electron chi connectivity index (χ2n) is 5.94. The van der Waals surface area contributed by atoms with E-state index in [0.717, 1.165) is 11.3 Å². The molecule has 0 N–H and O–H groups in total. The van der Waals surface area contributed by atoms with Crippen LogP contribution in [0, 0.1) is 17.1 Å². The summed E-state index contributed by atoms with van der Waals surface area (Å²) < 4.78 is 15.8. The van der Waals surface area contributed by atoms with Crippen molar-refractivity contribution in [3.8, 4) is 11.8 Å². The zero-order valence-corrected chi connectivity index (χ0v) is 14.1. The quantitative estimate of drug-likeness (QED) is 0.716. The minimum atomic E-state index is -0.348. The molecule has 1 atom stereocenters. The predicted molar refractivity (Wildman–Crippen MR) is 92.4 cm³/mol. The Bertz CT molecular complexity index is 881. The fraction of sp³-hybridized carbons (Fsp3) is 0.211. The van der Waals surface area contributed by atoms with Crippen LogP contribution in [0.2, 0.25) is 0 Å². The highest BCUT2D eigenvalue weighted by Crippen LogP contribution is 2.23. The van der Waals surface area contributed by atoms with Gasteiger partial charge in [-0.15, -0.1) is 0 Å². The second kappa shape index (κ2) is 7.24. The molecule has 2 aromatic carbocycles. The molecule has 126 valence electrons. The number of rotatable bonds is 5. The van der Waals surface area contributed by atoms with E-state index >= 15 is 0 Å². The van der Waals surface area contributed by atoms with Gasteiger partial charge in [-0.05, 0) is 43.8 Å². The van der Waals surface area contributed by atoms with Gasteiger partial charge >= 0.3 is 0 Å². The van der Waals surface area contributed by atoms with Crippen molar-refractivity contribution in [1.29, 1.82) is 5.26 Å². The van der Waals surface area contributed by atoms with Crippen molar-refractivity contribution in [3.63, 3.8) is 0 Å². The predicted octanol–water partition coefficient (Wildman–Crippen LogP) is 3.47. The van der Waals surface area contributed by atoms with Gasteiger partial charge < -0.3 is 0 Å². The molecule has 1 unspecified atom stereocenters. The average Bonchev–Trinajstić information content (AvgIpc) is 3.17. The summed E-state index contributed by atoms with van der Waals surface area (Å²) in [5.74, 6) is -0.348. The number of hydrogen-bond acceptors (Lipinski definition) is 4. The van der Waals surface area contributed by atoms with Crippen LogP contribution < -0.4 is 0 Å². The van der Waals surface area contributed by atoms with Gasteiger partial charge in [-0.1, -0.05) is 18.2 Å². The number of aromatic nitrogens is 3. The molecule has 0 bridgehead atoms. The first kappa shape index (κ1) is 16.8. The van der Waals surface area contributed by atoms with E-state index in [1.807, 2.05) is 37.4 Å². The van der Waals surface area contributed by atoms with Crippen LogP contribution in [0.4, 0.5) is 4.39 Å². The Morgan fingerprint density at radius 2 is 2.00 bits per heavy atom. The fourth-order valence-corrected chi connectivity index (χ4v) is 2.65. The van der Waals surface area contributed by atoms with Crippen LogP contribution in [0.15, 0.2) is 55.1 Å². The number of nitrogens with zero attached hydrogens (tertiary/aromatic N) is 5. The van der Waals surface area contributed by atoms with E-state index in [0.29, 0.717) is 17.7 Å². The van der Waals surface area contributed by atoms with Crippen molar-refractivity contribution in [2.24, 2.45) is 0 Å². The maximum absolute atomic E-state index is 14.1. The molecule has 25 heavy (non-hydrogen) atoms. The normalized spacial score (nSPS) is 12.1. The lowest BCUT2D eigenvalue weighted by Crippen LogP contribution is -2.22. The molecule has 0 saturated heterocycles. The van der Waals surface area contributed by atoms with Gasteiger partial charge in [0, 0.05) is 18.2 Å². The second-order valence-corrected chi connectivity index (χ2v) is 5.94. The van der Waals surface area contributed by atoms with Crippen molar-refractivity contribution in [1.82, 2.24) is 19.7 Å². The van der Waals surface area contributed by atoms with Gasteiger partial charge in [-0.2, -0.15) is 10.4 Å². The number of hydrogen-bond donors (Lipinski definition) is 0. The smallest absolute Gasteiger partial charge is 0.138 e. The summed E-state index contributed by atoms with van der Waals surface area (Å²) in [4.78, 5) is 6.00. The standard InChI is InChI=1S/C19H18FN5/c1-14(16-5-7-18(8-6-16)25-13-22-12-23-25)24(2)11-17-4-3-15(10-21)9-19(17)20/h3-9,12-14H,11H2,1-2H3. The van der Waals surface area contributed by atoms with Gasteiger partial charge in [0.2, 0.25) is 0 Å². The van der Waals surface area contributed by atoms with Crippen LogP contribution in [-0.4, -0.2) is 26.7 Å². The fourth-order valence-electron chi connectivity index (χ4n) is 2.65. The Labute approximate surface area is 146 Å². The van der Waals surface area contributed by atoms with E-state index in [1.54, 1.807) is 23.1 Å². The first-order valence-electron chi connectivity index (χ1n) is 7.92. The molecule has 0 amide bonds.